The number of methoxy groups -OCH3 is 1. The molecule has 1 fully saturated rings. The van der Waals surface area contributed by atoms with Crippen LogP contribution in [-0.2, 0) is 16.4 Å². The van der Waals surface area contributed by atoms with Gasteiger partial charge in [0.2, 0.25) is 10.0 Å². The number of halogens is 1. The molecule has 0 aliphatic heterocycles. The quantitative estimate of drug-likeness (QED) is 0.576. The molecule has 0 bridgehead atoms. The number of nitrogens with one attached hydrogen (secondary N) is 1. The molecule has 2 unspecified atom stereocenters. The van der Waals surface area contributed by atoms with Gasteiger partial charge in [-0.3, -0.25) is 0 Å². The van der Waals surface area contributed by atoms with Crippen LogP contribution in [0.5, 0.6) is 5.75 Å². The maximum Gasteiger partial charge on any atom is 0.241 e. The van der Waals surface area contributed by atoms with Crippen LogP contribution in [0.15, 0.2) is 53.9 Å². The van der Waals surface area contributed by atoms with Crippen LogP contribution in [-0.4, -0.2) is 36.3 Å². The average Bonchev–Trinajstić information content (AvgIpc) is 3.33. The van der Waals surface area contributed by atoms with Crippen molar-refractivity contribution < 1.29 is 17.5 Å². The third-order valence-electron chi connectivity index (χ3n) is 6.04. The molecular formula is C23H27FN4O3S. The van der Waals surface area contributed by atoms with E-state index in [-0.39, 0.29) is 22.7 Å². The summed E-state index contributed by atoms with van der Waals surface area (Å²) in [7, 11) is -2.28. The van der Waals surface area contributed by atoms with Gasteiger partial charge in [0.15, 0.2) is 11.6 Å². The Bertz CT molecular complexity index is 1180. The molecule has 1 aliphatic carbocycles. The summed E-state index contributed by atoms with van der Waals surface area (Å²) in [6.45, 7) is 1.91. The molecule has 1 heterocycles. The predicted molar refractivity (Wildman–Crippen MR) is 119 cm³/mol. The third kappa shape index (κ3) is 4.68. The molecule has 1 aliphatic rings. The van der Waals surface area contributed by atoms with Gasteiger partial charge in [0.25, 0.3) is 0 Å². The van der Waals surface area contributed by atoms with E-state index in [1.165, 1.54) is 13.2 Å². The minimum Gasteiger partial charge on any atom is -0.494 e. The van der Waals surface area contributed by atoms with Crippen molar-refractivity contribution in [1.29, 1.82) is 0 Å². The topological polar surface area (TPSA) is 86.1 Å². The maximum absolute atomic E-state index is 14.1. The average molecular weight is 459 g/mol. The van der Waals surface area contributed by atoms with Crippen LogP contribution in [0.4, 0.5) is 4.39 Å². The van der Waals surface area contributed by atoms with E-state index in [4.69, 9.17) is 4.74 Å². The Morgan fingerprint density at radius 3 is 2.53 bits per heavy atom. The van der Waals surface area contributed by atoms with Crippen LogP contribution in [0.2, 0.25) is 0 Å². The van der Waals surface area contributed by atoms with Crippen molar-refractivity contribution in [2.24, 2.45) is 0 Å². The summed E-state index contributed by atoms with van der Waals surface area (Å²) < 4.78 is 50.4. The predicted octanol–water partition coefficient (Wildman–Crippen LogP) is 4.12. The fraction of sp³-hybridized carbons (Fsp3) is 0.391. The molecule has 0 saturated heterocycles. The van der Waals surface area contributed by atoms with E-state index in [9.17, 15) is 12.8 Å². The lowest BCUT2D eigenvalue weighted by Gasteiger charge is -2.30. The van der Waals surface area contributed by atoms with Crippen molar-refractivity contribution in [2.45, 2.75) is 56.0 Å². The Balaban J connectivity index is 1.56. The van der Waals surface area contributed by atoms with Crippen LogP contribution >= 0.6 is 0 Å². The first-order valence-electron chi connectivity index (χ1n) is 10.7. The Hall–Kier alpha value is -2.78. The van der Waals surface area contributed by atoms with Gasteiger partial charge in [0.05, 0.1) is 12.0 Å². The molecule has 2 aromatic carbocycles. The van der Waals surface area contributed by atoms with Crippen molar-refractivity contribution in [3.63, 3.8) is 0 Å². The Morgan fingerprint density at radius 1 is 1.12 bits per heavy atom. The highest BCUT2D eigenvalue weighted by Gasteiger charge is 2.28. The molecule has 1 saturated carbocycles. The molecule has 0 radical (unpaired) electrons. The summed E-state index contributed by atoms with van der Waals surface area (Å²) in [5, 5.41) is 7.72. The van der Waals surface area contributed by atoms with Crippen LogP contribution in [0.3, 0.4) is 0 Å². The Morgan fingerprint density at radius 2 is 1.84 bits per heavy atom. The van der Waals surface area contributed by atoms with Crippen LogP contribution in [0.25, 0.3) is 11.1 Å². The molecule has 0 spiro atoms. The number of rotatable bonds is 7. The number of nitrogens with zero attached hydrogens (tertiary/aromatic N) is 3. The molecule has 9 heteroatoms. The Labute approximate surface area is 187 Å². The van der Waals surface area contributed by atoms with Crippen LogP contribution in [0.1, 0.15) is 44.2 Å². The van der Waals surface area contributed by atoms with Crippen molar-refractivity contribution in [3.05, 3.63) is 60.4 Å². The molecule has 3 aromatic rings. The lowest BCUT2D eigenvalue weighted by atomic mass is 9.91. The lowest BCUT2D eigenvalue weighted by molar-refractivity contribution is 0.305. The molecule has 32 heavy (non-hydrogen) atoms. The monoisotopic (exact) mass is 458 g/mol. The Kier molecular flexibility index (Phi) is 6.57. The van der Waals surface area contributed by atoms with E-state index in [0.29, 0.717) is 24.0 Å². The van der Waals surface area contributed by atoms with Crippen molar-refractivity contribution in [2.75, 3.05) is 7.11 Å². The van der Waals surface area contributed by atoms with Gasteiger partial charge in [0, 0.05) is 12.1 Å². The molecule has 170 valence electrons. The smallest absolute Gasteiger partial charge is 0.241 e. The van der Waals surface area contributed by atoms with E-state index in [1.54, 1.807) is 36.9 Å². The molecule has 2 atom stereocenters. The number of hydrogen-bond donors (Lipinski definition) is 1. The number of benzene rings is 2. The maximum atomic E-state index is 14.1. The van der Waals surface area contributed by atoms with E-state index in [2.05, 4.69) is 14.9 Å². The SMILES string of the molecule is CCc1cc(-c2ccc(OC)c(F)c2)ccc1S(=O)(=O)NC1CCCC(n2cnnc2)C1. The molecule has 1 N–H and O–H groups in total. The lowest BCUT2D eigenvalue weighted by Crippen LogP contribution is -2.39. The highest BCUT2D eigenvalue weighted by molar-refractivity contribution is 7.89. The minimum absolute atomic E-state index is 0.152. The van der Waals surface area contributed by atoms with Gasteiger partial charge in [-0.2, -0.15) is 0 Å². The zero-order chi connectivity index (χ0) is 22.7. The molecule has 1 aromatic heterocycles. The third-order valence-corrected chi connectivity index (χ3v) is 7.66. The van der Waals surface area contributed by atoms with E-state index >= 15 is 0 Å². The molecule has 0 amide bonds. The highest BCUT2D eigenvalue weighted by atomic mass is 32.2. The van der Waals surface area contributed by atoms with Gasteiger partial charge in [-0.15, -0.1) is 10.2 Å². The second-order valence-corrected chi connectivity index (χ2v) is 9.76. The van der Waals surface area contributed by atoms with E-state index in [1.807, 2.05) is 17.6 Å². The van der Waals surface area contributed by atoms with Crippen molar-refractivity contribution >= 4 is 10.0 Å². The van der Waals surface area contributed by atoms with E-state index < -0.39 is 15.8 Å². The highest BCUT2D eigenvalue weighted by Crippen LogP contribution is 2.31. The second-order valence-electron chi connectivity index (χ2n) is 8.07. The minimum atomic E-state index is -3.70. The van der Waals surface area contributed by atoms with Gasteiger partial charge in [0.1, 0.15) is 12.7 Å². The van der Waals surface area contributed by atoms with Crippen molar-refractivity contribution in [1.82, 2.24) is 19.5 Å². The zero-order valence-corrected chi connectivity index (χ0v) is 19.0. The number of aromatic nitrogens is 3. The number of hydrogen-bond acceptors (Lipinski definition) is 5. The first-order valence-corrected chi connectivity index (χ1v) is 12.2. The summed E-state index contributed by atoms with van der Waals surface area (Å²) in [4.78, 5) is 0.268. The van der Waals surface area contributed by atoms with Gasteiger partial charge in [-0.1, -0.05) is 19.1 Å². The summed E-state index contributed by atoms with van der Waals surface area (Å²) in [6, 6.07) is 9.90. The summed E-state index contributed by atoms with van der Waals surface area (Å²) in [6.07, 6.45) is 7.29. The van der Waals surface area contributed by atoms with Crippen LogP contribution < -0.4 is 9.46 Å². The zero-order valence-electron chi connectivity index (χ0n) is 18.2. The number of ether oxygens (including phenoxy) is 1. The molecule has 4 rings (SSSR count). The largest absolute Gasteiger partial charge is 0.494 e. The number of aryl methyl sites for hydroxylation is 1. The van der Waals surface area contributed by atoms with Crippen molar-refractivity contribution in [3.8, 4) is 16.9 Å². The molecule has 7 nitrogen and oxygen atoms in total. The standard InChI is InChI=1S/C23H27FN4O3S/c1-3-16-11-17(18-7-9-22(31-2)21(24)12-18)8-10-23(16)32(29,30)27-19-5-4-6-20(13-19)28-14-25-26-15-28/h7-12,14-15,19-20,27H,3-6,13H2,1-2H3. The van der Waals surface area contributed by atoms with Crippen LogP contribution in [0, 0.1) is 5.82 Å². The fourth-order valence-corrected chi connectivity index (χ4v) is 5.94. The second kappa shape index (κ2) is 9.38. The summed E-state index contributed by atoms with van der Waals surface area (Å²) in [5.41, 5.74) is 2.11. The normalized spacial score (nSPS) is 19.1. The fourth-order valence-electron chi connectivity index (χ4n) is 4.37. The van der Waals surface area contributed by atoms with Gasteiger partial charge in [-0.25, -0.2) is 17.5 Å². The first kappa shape index (κ1) is 22.4. The first-order chi connectivity index (χ1) is 15.4. The van der Waals surface area contributed by atoms with Gasteiger partial charge >= 0.3 is 0 Å². The summed E-state index contributed by atoms with van der Waals surface area (Å²) >= 11 is 0. The number of sulfonamides is 1. The molecular weight excluding hydrogens is 431 g/mol. The van der Waals surface area contributed by atoms with Gasteiger partial charge < -0.3 is 9.30 Å². The summed E-state index contributed by atoms with van der Waals surface area (Å²) in [5.74, 6) is -0.286. The van der Waals surface area contributed by atoms with E-state index in [0.717, 1.165) is 24.8 Å². The van der Waals surface area contributed by atoms with Gasteiger partial charge in [-0.05, 0) is 73.1 Å².